The number of hydrogen-bond donors (Lipinski definition) is 1. The molecule has 1 N–H and O–H groups in total. The van der Waals surface area contributed by atoms with Crippen molar-refractivity contribution >= 4 is 0 Å². The zero-order valence-corrected chi connectivity index (χ0v) is 9.34. The molecule has 0 heterocycles. The SMILES string of the molecule is N#CC1(C2CC2)CCC(NC2CC2)CC1. The van der Waals surface area contributed by atoms with E-state index < -0.39 is 0 Å². The topological polar surface area (TPSA) is 35.8 Å². The number of nitrogens with one attached hydrogen (secondary N) is 1. The van der Waals surface area contributed by atoms with E-state index in [0.717, 1.165) is 30.8 Å². The molecule has 0 aromatic heterocycles. The van der Waals surface area contributed by atoms with Gasteiger partial charge in [0.2, 0.25) is 0 Å². The Balaban J connectivity index is 1.56. The summed E-state index contributed by atoms with van der Waals surface area (Å²) in [4.78, 5) is 0. The minimum atomic E-state index is 0.0851. The highest BCUT2D eigenvalue weighted by molar-refractivity contribution is 5.10. The Hall–Kier alpha value is -0.550. The second-order valence-electron chi connectivity index (χ2n) is 5.76. The van der Waals surface area contributed by atoms with Gasteiger partial charge in [0.1, 0.15) is 0 Å². The summed E-state index contributed by atoms with van der Waals surface area (Å²) in [5.41, 5.74) is 0.0851. The molecule has 82 valence electrons. The smallest absolute Gasteiger partial charge is 0.0692 e. The molecule has 0 spiro atoms. The van der Waals surface area contributed by atoms with Crippen LogP contribution >= 0.6 is 0 Å². The lowest BCUT2D eigenvalue weighted by molar-refractivity contribution is 0.196. The first-order chi connectivity index (χ1) is 7.32. The molecule has 3 fully saturated rings. The summed E-state index contributed by atoms with van der Waals surface area (Å²) in [6, 6.07) is 4.19. The zero-order valence-electron chi connectivity index (χ0n) is 9.34. The Morgan fingerprint density at radius 2 is 1.53 bits per heavy atom. The standard InChI is InChI=1S/C13H20N2/c14-9-13(10-1-2-10)7-5-12(6-8-13)15-11-3-4-11/h10-12,15H,1-8H2. The quantitative estimate of drug-likeness (QED) is 0.767. The monoisotopic (exact) mass is 204 g/mol. The number of nitrogens with zero attached hydrogens (tertiary/aromatic N) is 1. The van der Waals surface area contributed by atoms with Gasteiger partial charge in [0.05, 0.1) is 11.5 Å². The maximum atomic E-state index is 9.36. The molecule has 3 aliphatic carbocycles. The Morgan fingerprint density at radius 3 is 2.00 bits per heavy atom. The lowest BCUT2D eigenvalue weighted by Gasteiger charge is -2.35. The number of rotatable bonds is 3. The van der Waals surface area contributed by atoms with Crippen molar-refractivity contribution in [2.24, 2.45) is 11.3 Å². The van der Waals surface area contributed by atoms with Crippen LogP contribution in [0, 0.1) is 22.7 Å². The van der Waals surface area contributed by atoms with Gasteiger partial charge in [-0.3, -0.25) is 0 Å². The molecular weight excluding hydrogens is 184 g/mol. The Morgan fingerprint density at radius 1 is 0.933 bits per heavy atom. The molecule has 3 aliphatic rings. The van der Waals surface area contributed by atoms with Crippen molar-refractivity contribution in [3.63, 3.8) is 0 Å². The summed E-state index contributed by atoms with van der Waals surface area (Å²) < 4.78 is 0. The minimum absolute atomic E-state index is 0.0851. The third-order valence-corrected chi connectivity index (χ3v) is 4.51. The summed E-state index contributed by atoms with van der Waals surface area (Å²) in [6.07, 6.45) is 10.2. The first-order valence-electron chi connectivity index (χ1n) is 6.50. The molecule has 3 saturated carbocycles. The average Bonchev–Trinajstić information content (AvgIpc) is 3.13. The van der Waals surface area contributed by atoms with Gasteiger partial charge in [0.15, 0.2) is 0 Å². The van der Waals surface area contributed by atoms with Gasteiger partial charge in [-0.1, -0.05) is 0 Å². The van der Waals surface area contributed by atoms with E-state index in [-0.39, 0.29) is 5.41 Å². The summed E-state index contributed by atoms with van der Waals surface area (Å²) in [5, 5.41) is 13.1. The van der Waals surface area contributed by atoms with Crippen molar-refractivity contribution in [3.05, 3.63) is 0 Å². The van der Waals surface area contributed by atoms with E-state index in [9.17, 15) is 5.26 Å². The van der Waals surface area contributed by atoms with Gasteiger partial charge in [-0.05, 0) is 57.3 Å². The Kier molecular flexibility index (Phi) is 2.25. The normalized spacial score (nSPS) is 41.1. The molecule has 0 radical (unpaired) electrons. The highest BCUT2D eigenvalue weighted by atomic mass is 15.0. The van der Waals surface area contributed by atoms with Crippen LogP contribution in [0.2, 0.25) is 0 Å². The van der Waals surface area contributed by atoms with Crippen LogP contribution in [0.15, 0.2) is 0 Å². The second kappa shape index (κ2) is 3.49. The molecular formula is C13H20N2. The van der Waals surface area contributed by atoms with Gasteiger partial charge in [-0.25, -0.2) is 0 Å². The van der Waals surface area contributed by atoms with Crippen LogP contribution in [0.3, 0.4) is 0 Å². The van der Waals surface area contributed by atoms with Crippen LogP contribution in [-0.2, 0) is 0 Å². The lowest BCUT2D eigenvalue weighted by Crippen LogP contribution is -2.39. The molecule has 0 aromatic carbocycles. The average molecular weight is 204 g/mol. The third kappa shape index (κ3) is 1.90. The molecule has 0 atom stereocenters. The van der Waals surface area contributed by atoms with Gasteiger partial charge in [0, 0.05) is 12.1 Å². The van der Waals surface area contributed by atoms with E-state index in [1.807, 2.05) is 0 Å². The number of nitriles is 1. The summed E-state index contributed by atoms with van der Waals surface area (Å²) in [5.74, 6) is 0.754. The van der Waals surface area contributed by atoms with Crippen molar-refractivity contribution in [3.8, 4) is 6.07 Å². The fourth-order valence-corrected chi connectivity index (χ4v) is 3.13. The Labute approximate surface area is 92.0 Å². The molecule has 0 bridgehead atoms. The molecule has 0 aromatic rings. The second-order valence-corrected chi connectivity index (χ2v) is 5.76. The van der Waals surface area contributed by atoms with Crippen molar-refractivity contribution in [1.29, 1.82) is 5.26 Å². The minimum Gasteiger partial charge on any atom is -0.311 e. The maximum Gasteiger partial charge on any atom is 0.0692 e. The highest BCUT2D eigenvalue weighted by Crippen LogP contribution is 2.53. The summed E-state index contributed by atoms with van der Waals surface area (Å²) in [6.45, 7) is 0. The van der Waals surface area contributed by atoms with Crippen molar-refractivity contribution < 1.29 is 0 Å². The van der Waals surface area contributed by atoms with Gasteiger partial charge in [0.25, 0.3) is 0 Å². The predicted molar refractivity (Wildman–Crippen MR) is 59.2 cm³/mol. The first-order valence-corrected chi connectivity index (χ1v) is 6.50. The van der Waals surface area contributed by atoms with Crippen molar-refractivity contribution in [1.82, 2.24) is 5.32 Å². The van der Waals surface area contributed by atoms with E-state index in [0.29, 0.717) is 0 Å². The summed E-state index contributed by atoms with van der Waals surface area (Å²) in [7, 11) is 0. The molecule has 0 amide bonds. The fourth-order valence-electron chi connectivity index (χ4n) is 3.13. The molecule has 2 heteroatoms. The van der Waals surface area contributed by atoms with Crippen LogP contribution in [0.1, 0.15) is 51.4 Å². The van der Waals surface area contributed by atoms with E-state index >= 15 is 0 Å². The number of hydrogen-bond acceptors (Lipinski definition) is 2. The van der Waals surface area contributed by atoms with E-state index in [1.165, 1.54) is 38.5 Å². The van der Waals surface area contributed by atoms with Crippen LogP contribution < -0.4 is 5.32 Å². The lowest BCUT2D eigenvalue weighted by atomic mass is 9.70. The molecule has 0 unspecified atom stereocenters. The van der Waals surface area contributed by atoms with Crippen LogP contribution in [0.4, 0.5) is 0 Å². The van der Waals surface area contributed by atoms with E-state index in [2.05, 4.69) is 11.4 Å². The van der Waals surface area contributed by atoms with Crippen molar-refractivity contribution in [2.75, 3.05) is 0 Å². The van der Waals surface area contributed by atoms with E-state index in [1.54, 1.807) is 0 Å². The molecule has 2 nitrogen and oxygen atoms in total. The van der Waals surface area contributed by atoms with Crippen LogP contribution in [-0.4, -0.2) is 12.1 Å². The van der Waals surface area contributed by atoms with Gasteiger partial charge in [-0.2, -0.15) is 5.26 Å². The summed E-state index contributed by atoms with van der Waals surface area (Å²) >= 11 is 0. The largest absolute Gasteiger partial charge is 0.311 e. The van der Waals surface area contributed by atoms with Crippen LogP contribution in [0.5, 0.6) is 0 Å². The highest BCUT2D eigenvalue weighted by Gasteiger charge is 2.47. The van der Waals surface area contributed by atoms with Crippen LogP contribution in [0.25, 0.3) is 0 Å². The Bertz CT molecular complexity index is 275. The van der Waals surface area contributed by atoms with Gasteiger partial charge >= 0.3 is 0 Å². The molecule has 15 heavy (non-hydrogen) atoms. The maximum absolute atomic E-state index is 9.36. The molecule has 0 aliphatic heterocycles. The third-order valence-electron chi connectivity index (χ3n) is 4.51. The fraction of sp³-hybridized carbons (Fsp3) is 0.923. The molecule has 0 saturated heterocycles. The first kappa shape index (κ1) is 9.66. The predicted octanol–water partition coefficient (Wildman–Crippen LogP) is 2.60. The molecule has 3 rings (SSSR count). The van der Waals surface area contributed by atoms with E-state index in [4.69, 9.17) is 0 Å². The van der Waals surface area contributed by atoms with Gasteiger partial charge < -0.3 is 5.32 Å². The van der Waals surface area contributed by atoms with Gasteiger partial charge in [-0.15, -0.1) is 0 Å². The van der Waals surface area contributed by atoms with Crippen molar-refractivity contribution in [2.45, 2.75) is 63.5 Å². The zero-order chi connectivity index (χ0) is 10.3.